The summed E-state index contributed by atoms with van der Waals surface area (Å²) < 4.78 is 0. The lowest BCUT2D eigenvalue weighted by molar-refractivity contribution is -0.167. The molecule has 0 fully saturated rings. The van der Waals surface area contributed by atoms with Crippen molar-refractivity contribution in [3.05, 3.63) is 48.6 Å². The van der Waals surface area contributed by atoms with Crippen molar-refractivity contribution in [3.8, 4) is 0 Å². The highest BCUT2D eigenvalue weighted by Gasteiger charge is 2.09. The molecule has 0 radical (unpaired) electrons. The van der Waals surface area contributed by atoms with Crippen LogP contribution in [0, 0.1) is 0 Å². The minimum absolute atomic E-state index is 0.233. The minimum atomic E-state index is -0.279. The Morgan fingerprint density at radius 1 is 1.40 bits per heavy atom. The zero-order valence-corrected chi connectivity index (χ0v) is 8.60. The molecule has 0 aliphatic carbocycles. The second-order valence-corrected chi connectivity index (χ2v) is 3.26. The van der Waals surface area contributed by atoms with Crippen molar-refractivity contribution in [2.45, 2.75) is 19.4 Å². The van der Waals surface area contributed by atoms with E-state index in [4.69, 9.17) is 0 Å². The van der Waals surface area contributed by atoms with Gasteiger partial charge in [0, 0.05) is 6.42 Å². The van der Waals surface area contributed by atoms with Gasteiger partial charge in [-0.05, 0) is 12.0 Å². The molecule has 0 heterocycles. The van der Waals surface area contributed by atoms with Gasteiger partial charge in [0.15, 0.2) is 0 Å². The molecule has 0 saturated carbocycles. The number of allylic oxidation sites excluding steroid dienone is 1. The van der Waals surface area contributed by atoms with Crippen molar-refractivity contribution in [1.82, 2.24) is 5.06 Å². The summed E-state index contributed by atoms with van der Waals surface area (Å²) in [7, 11) is 0. The Hall–Kier alpha value is -1.61. The van der Waals surface area contributed by atoms with Gasteiger partial charge in [-0.3, -0.25) is 10.0 Å². The summed E-state index contributed by atoms with van der Waals surface area (Å²) in [6.07, 6.45) is 2.55. The first-order valence-corrected chi connectivity index (χ1v) is 4.88. The predicted octanol–water partition coefficient (Wildman–Crippen LogP) is 2.37. The van der Waals surface area contributed by atoms with Gasteiger partial charge in [-0.15, -0.1) is 6.58 Å². The molecule has 1 N–H and O–H groups in total. The standard InChI is InChI=1S/C12H15NO2/c1-2-3-9-12(14)13(15)10-11-7-5-4-6-8-11/h2,4-8,15H,1,3,9-10H2. The summed E-state index contributed by atoms with van der Waals surface area (Å²) in [6.45, 7) is 3.76. The molecule has 1 amide bonds. The number of hydrogen-bond donors (Lipinski definition) is 1. The highest BCUT2D eigenvalue weighted by atomic mass is 16.5. The normalized spacial score (nSPS) is 9.67. The van der Waals surface area contributed by atoms with Crippen molar-refractivity contribution >= 4 is 5.91 Å². The molecule has 0 atom stereocenters. The van der Waals surface area contributed by atoms with Gasteiger partial charge in [-0.25, -0.2) is 5.06 Å². The molecule has 0 aliphatic heterocycles. The molecule has 0 spiro atoms. The van der Waals surface area contributed by atoms with E-state index >= 15 is 0 Å². The van der Waals surface area contributed by atoms with Gasteiger partial charge in [0.2, 0.25) is 5.91 Å². The lowest BCUT2D eigenvalue weighted by Gasteiger charge is -2.14. The van der Waals surface area contributed by atoms with Crippen molar-refractivity contribution < 1.29 is 10.0 Å². The van der Waals surface area contributed by atoms with Gasteiger partial charge < -0.3 is 0 Å². The highest BCUT2D eigenvalue weighted by Crippen LogP contribution is 2.04. The average molecular weight is 205 g/mol. The predicted molar refractivity (Wildman–Crippen MR) is 58.2 cm³/mol. The van der Waals surface area contributed by atoms with Crippen molar-refractivity contribution in [1.29, 1.82) is 0 Å². The third kappa shape index (κ3) is 3.95. The fraction of sp³-hybridized carbons (Fsp3) is 0.250. The molecular formula is C12H15NO2. The maximum atomic E-state index is 11.3. The van der Waals surface area contributed by atoms with Crippen LogP contribution >= 0.6 is 0 Å². The molecule has 80 valence electrons. The SMILES string of the molecule is C=CCCC(=O)N(O)Cc1ccccc1. The Kier molecular flexibility index (Phi) is 4.57. The van der Waals surface area contributed by atoms with Gasteiger partial charge in [-0.2, -0.15) is 0 Å². The van der Waals surface area contributed by atoms with Gasteiger partial charge in [0.1, 0.15) is 0 Å². The number of hydroxylamine groups is 2. The molecule has 0 saturated heterocycles. The van der Waals surface area contributed by atoms with E-state index in [1.807, 2.05) is 30.3 Å². The van der Waals surface area contributed by atoms with E-state index in [0.29, 0.717) is 12.8 Å². The highest BCUT2D eigenvalue weighted by molar-refractivity contribution is 5.75. The largest absolute Gasteiger partial charge is 0.286 e. The lowest BCUT2D eigenvalue weighted by Crippen LogP contribution is -2.26. The van der Waals surface area contributed by atoms with Gasteiger partial charge in [0.05, 0.1) is 6.54 Å². The summed E-state index contributed by atoms with van der Waals surface area (Å²) in [6, 6.07) is 9.37. The van der Waals surface area contributed by atoms with Crippen molar-refractivity contribution in [2.75, 3.05) is 0 Å². The molecule has 3 heteroatoms. The molecule has 1 aromatic rings. The van der Waals surface area contributed by atoms with Gasteiger partial charge in [0.25, 0.3) is 0 Å². The Labute approximate surface area is 89.6 Å². The number of hydrogen-bond acceptors (Lipinski definition) is 2. The molecule has 1 rings (SSSR count). The van der Waals surface area contributed by atoms with E-state index in [2.05, 4.69) is 6.58 Å². The number of nitrogens with zero attached hydrogens (tertiary/aromatic N) is 1. The van der Waals surface area contributed by atoms with Crippen LogP contribution in [0.15, 0.2) is 43.0 Å². The third-order valence-corrected chi connectivity index (χ3v) is 2.03. The van der Waals surface area contributed by atoms with E-state index in [9.17, 15) is 10.0 Å². The van der Waals surface area contributed by atoms with E-state index < -0.39 is 0 Å². The first-order valence-electron chi connectivity index (χ1n) is 4.88. The van der Waals surface area contributed by atoms with Crippen molar-refractivity contribution in [3.63, 3.8) is 0 Å². The summed E-state index contributed by atoms with van der Waals surface area (Å²) >= 11 is 0. The van der Waals surface area contributed by atoms with Crippen LogP contribution in [0.4, 0.5) is 0 Å². The molecule has 1 aromatic carbocycles. The third-order valence-electron chi connectivity index (χ3n) is 2.03. The Morgan fingerprint density at radius 2 is 2.07 bits per heavy atom. The monoisotopic (exact) mass is 205 g/mol. The fourth-order valence-electron chi connectivity index (χ4n) is 1.20. The Morgan fingerprint density at radius 3 is 2.67 bits per heavy atom. The van der Waals surface area contributed by atoms with Crippen LogP contribution in [0.25, 0.3) is 0 Å². The van der Waals surface area contributed by atoms with Crippen LogP contribution < -0.4 is 0 Å². The van der Waals surface area contributed by atoms with E-state index in [-0.39, 0.29) is 12.5 Å². The molecular weight excluding hydrogens is 190 g/mol. The Balaban J connectivity index is 2.45. The van der Waals surface area contributed by atoms with Crippen molar-refractivity contribution in [2.24, 2.45) is 0 Å². The van der Waals surface area contributed by atoms with Crippen LogP contribution in [0.2, 0.25) is 0 Å². The Bertz CT molecular complexity index is 322. The van der Waals surface area contributed by atoms with Gasteiger partial charge in [-0.1, -0.05) is 36.4 Å². The van der Waals surface area contributed by atoms with E-state index in [1.54, 1.807) is 6.08 Å². The van der Waals surface area contributed by atoms with Gasteiger partial charge >= 0.3 is 0 Å². The maximum Gasteiger partial charge on any atom is 0.246 e. The van der Waals surface area contributed by atoms with Crippen LogP contribution in [-0.2, 0) is 11.3 Å². The summed E-state index contributed by atoms with van der Waals surface area (Å²) in [5.74, 6) is -0.279. The number of carbonyl (C=O) groups excluding carboxylic acids is 1. The minimum Gasteiger partial charge on any atom is -0.286 e. The number of carbonyl (C=O) groups is 1. The zero-order valence-electron chi connectivity index (χ0n) is 8.60. The fourth-order valence-corrected chi connectivity index (χ4v) is 1.20. The first-order chi connectivity index (χ1) is 7.24. The number of rotatable bonds is 5. The molecule has 0 aromatic heterocycles. The second-order valence-electron chi connectivity index (χ2n) is 3.26. The molecule has 3 nitrogen and oxygen atoms in total. The summed E-state index contributed by atoms with van der Waals surface area (Å²) in [5.41, 5.74) is 0.909. The molecule has 0 unspecified atom stereocenters. The maximum absolute atomic E-state index is 11.3. The molecule has 0 bridgehead atoms. The smallest absolute Gasteiger partial charge is 0.246 e. The summed E-state index contributed by atoms with van der Waals surface area (Å²) in [4.78, 5) is 11.3. The van der Waals surface area contributed by atoms with E-state index in [0.717, 1.165) is 10.6 Å². The van der Waals surface area contributed by atoms with Crippen LogP contribution in [0.3, 0.4) is 0 Å². The summed E-state index contributed by atoms with van der Waals surface area (Å²) in [5, 5.41) is 10.2. The quantitative estimate of drug-likeness (QED) is 0.455. The molecule has 0 aliphatic rings. The van der Waals surface area contributed by atoms with E-state index in [1.165, 1.54) is 0 Å². The zero-order chi connectivity index (χ0) is 11.1. The number of benzene rings is 1. The average Bonchev–Trinajstić information content (AvgIpc) is 2.27. The second kappa shape index (κ2) is 5.98. The number of amides is 1. The topological polar surface area (TPSA) is 40.5 Å². The van der Waals surface area contributed by atoms with Crippen LogP contribution in [-0.4, -0.2) is 16.2 Å². The van der Waals surface area contributed by atoms with Crippen LogP contribution in [0.5, 0.6) is 0 Å². The molecule has 15 heavy (non-hydrogen) atoms. The lowest BCUT2D eigenvalue weighted by atomic mass is 10.2. The first kappa shape index (κ1) is 11.5. The van der Waals surface area contributed by atoms with Crippen LogP contribution in [0.1, 0.15) is 18.4 Å².